The normalized spacial score (nSPS) is 21.1. The van der Waals surface area contributed by atoms with Crippen LogP contribution in [0.5, 0.6) is 0 Å². The molecule has 3 nitrogen and oxygen atoms in total. The molecule has 1 fully saturated rings. The van der Waals surface area contributed by atoms with Crippen molar-refractivity contribution in [3.8, 4) is 0 Å². The van der Waals surface area contributed by atoms with Crippen LogP contribution in [0, 0.1) is 5.92 Å². The van der Waals surface area contributed by atoms with Crippen molar-refractivity contribution in [2.24, 2.45) is 5.92 Å². The Hall–Kier alpha value is -1.04. The van der Waals surface area contributed by atoms with Gasteiger partial charge in [0, 0.05) is 6.42 Å². The molecule has 2 heterocycles. The zero-order valence-electron chi connectivity index (χ0n) is 9.60. The van der Waals surface area contributed by atoms with E-state index in [1.165, 1.54) is 0 Å². The number of oxazole rings is 1. The van der Waals surface area contributed by atoms with Crippen molar-refractivity contribution in [2.45, 2.75) is 32.4 Å². The van der Waals surface area contributed by atoms with Crippen molar-refractivity contribution in [1.29, 1.82) is 0 Å². The van der Waals surface area contributed by atoms with Gasteiger partial charge < -0.3 is 9.73 Å². The summed E-state index contributed by atoms with van der Waals surface area (Å²) < 4.78 is 42.7. The van der Waals surface area contributed by atoms with Crippen molar-refractivity contribution >= 4 is 0 Å². The molecule has 0 radical (unpaired) electrons. The van der Waals surface area contributed by atoms with Crippen molar-refractivity contribution in [3.63, 3.8) is 0 Å². The highest BCUT2D eigenvalue weighted by Crippen LogP contribution is 2.33. The molecule has 0 saturated carbocycles. The van der Waals surface area contributed by atoms with Crippen LogP contribution < -0.4 is 5.32 Å². The third kappa shape index (κ3) is 2.80. The molecule has 17 heavy (non-hydrogen) atoms. The summed E-state index contributed by atoms with van der Waals surface area (Å²) >= 11 is 0. The molecule has 6 heteroatoms. The number of rotatable bonds is 3. The lowest BCUT2D eigenvalue weighted by Gasteiger charge is -2.04. The fraction of sp³-hybridized carbons (Fsp3) is 0.727. The molecule has 0 aliphatic carbocycles. The zero-order valence-corrected chi connectivity index (χ0v) is 9.60. The summed E-state index contributed by atoms with van der Waals surface area (Å²) in [5, 5.41) is 3.17. The predicted octanol–water partition coefficient (Wildman–Crippen LogP) is 2.41. The largest absolute Gasteiger partial charge is 0.451 e. The highest BCUT2D eigenvalue weighted by atomic mass is 19.4. The summed E-state index contributed by atoms with van der Waals surface area (Å²) in [7, 11) is 0. The van der Waals surface area contributed by atoms with E-state index in [-0.39, 0.29) is 18.0 Å². The maximum absolute atomic E-state index is 12.6. The summed E-state index contributed by atoms with van der Waals surface area (Å²) in [4.78, 5) is 3.94. The summed E-state index contributed by atoms with van der Waals surface area (Å²) in [5.41, 5.74) is 0.0125. The number of nitrogens with zero attached hydrogens (tertiary/aromatic N) is 1. The molecule has 0 bridgehead atoms. The van der Waals surface area contributed by atoms with Gasteiger partial charge in [-0.15, -0.1) is 0 Å². The van der Waals surface area contributed by atoms with Crippen LogP contribution >= 0.6 is 0 Å². The Morgan fingerprint density at radius 1 is 1.47 bits per heavy atom. The molecular weight excluding hydrogens is 233 g/mol. The second kappa shape index (κ2) is 4.68. The molecule has 1 atom stereocenters. The third-order valence-corrected chi connectivity index (χ3v) is 2.96. The van der Waals surface area contributed by atoms with Gasteiger partial charge in [0.05, 0.1) is 5.69 Å². The molecule has 1 aliphatic heterocycles. The minimum Gasteiger partial charge on any atom is -0.436 e. The molecule has 1 aromatic heterocycles. The number of aromatic nitrogens is 1. The minimum atomic E-state index is -4.44. The Morgan fingerprint density at radius 3 is 2.71 bits per heavy atom. The van der Waals surface area contributed by atoms with Crippen LogP contribution in [-0.4, -0.2) is 18.1 Å². The van der Waals surface area contributed by atoms with E-state index >= 15 is 0 Å². The van der Waals surface area contributed by atoms with Crippen molar-refractivity contribution in [1.82, 2.24) is 10.3 Å². The second-order valence-electron chi connectivity index (χ2n) is 4.30. The smallest absolute Gasteiger partial charge is 0.436 e. The van der Waals surface area contributed by atoms with Crippen LogP contribution in [-0.2, 0) is 19.0 Å². The van der Waals surface area contributed by atoms with E-state index in [0.717, 1.165) is 19.5 Å². The summed E-state index contributed by atoms with van der Waals surface area (Å²) in [5.74, 6) is -0.386. The number of alkyl halides is 3. The first-order valence-electron chi connectivity index (χ1n) is 5.77. The van der Waals surface area contributed by atoms with Crippen molar-refractivity contribution < 1.29 is 17.6 Å². The number of nitrogens with one attached hydrogen (secondary N) is 1. The van der Waals surface area contributed by atoms with Gasteiger partial charge in [-0.1, -0.05) is 6.92 Å². The lowest BCUT2D eigenvalue weighted by atomic mass is 10.1. The van der Waals surface area contributed by atoms with Crippen LogP contribution in [0.15, 0.2) is 4.42 Å². The van der Waals surface area contributed by atoms with Crippen LogP contribution in [0.3, 0.4) is 0 Å². The van der Waals surface area contributed by atoms with Gasteiger partial charge in [0.15, 0.2) is 5.89 Å². The fourth-order valence-electron chi connectivity index (χ4n) is 2.08. The number of hydrogen-bond acceptors (Lipinski definition) is 3. The van der Waals surface area contributed by atoms with E-state index in [2.05, 4.69) is 10.3 Å². The Labute approximate surface area is 97.4 Å². The van der Waals surface area contributed by atoms with Gasteiger partial charge in [0.1, 0.15) is 0 Å². The molecule has 0 amide bonds. The Kier molecular flexibility index (Phi) is 3.42. The Bertz CT molecular complexity index is 381. The van der Waals surface area contributed by atoms with Crippen LogP contribution in [0.2, 0.25) is 0 Å². The lowest BCUT2D eigenvalue weighted by Crippen LogP contribution is -2.10. The van der Waals surface area contributed by atoms with E-state index in [4.69, 9.17) is 4.42 Å². The standard InChI is InChI=1S/C11H15F3N2O/c1-2-8-10(11(12,13)14)17-9(16-8)5-7-3-4-15-6-7/h7,15H,2-6H2,1H3. The molecule has 96 valence electrons. The summed E-state index contributed by atoms with van der Waals surface area (Å²) in [6.45, 7) is 3.39. The van der Waals surface area contributed by atoms with Crippen LogP contribution in [0.1, 0.15) is 30.7 Å². The van der Waals surface area contributed by atoms with E-state index < -0.39 is 11.9 Å². The van der Waals surface area contributed by atoms with Gasteiger partial charge >= 0.3 is 6.18 Å². The van der Waals surface area contributed by atoms with E-state index in [9.17, 15) is 13.2 Å². The predicted molar refractivity (Wildman–Crippen MR) is 55.6 cm³/mol. The number of halogens is 3. The van der Waals surface area contributed by atoms with Crippen LogP contribution in [0.25, 0.3) is 0 Å². The highest BCUT2D eigenvalue weighted by Gasteiger charge is 2.39. The van der Waals surface area contributed by atoms with E-state index in [0.29, 0.717) is 12.3 Å². The SMILES string of the molecule is CCc1nc(CC2CCNC2)oc1C(F)(F)F. The number of hydrogen-bond donors (Lipinski definition) is 1. The van der Waals surface area contributed by atoms with Crippen molar-refractivity contribution in [2.75, 3.05) is 13.1 Å². The number of aryl methyl sites for hydroxylation is 1. The van der Waals surface area contributed by atoms with E-state index in [1.54, 1.807) is 6.92 Å². The molecule has 1 aliphatic rings. The molecule has 1 aromatic rings. The first kappa shape index (κ1) is 12.4. The fourth-order valence-corrected chi connectivity index (χ4v) is 2.08. The molecule has 2 rings (SSSR count). The summed E-state index contributed by atoms with van der Waals surface area (Å²) in [6.07, 6.45) is -2.76. The molecule has 1 N–H and O–H groups in total. The third-order valence-electron chi connectivity index (χ3n) is 2.96. The first-order valence-corrected chi connectivity index (χ1v) is 5.77. The average Bonchev–Trinajstić information content (AvgIpc) is 2.86. The monoisotopic (exact) mass is 248 g/mol. The Balaban J connectivity index is 2.15. The first-order chi connectivity index (χ1) is 8.00. The molecule has 1 unspecified atom stereocenters. The van der Waals surface area contributed by atoms with Crippen LogP contribution in [0.4, 0.5) is 13.2 Å². The second-order valence-corrected chi connectivity index (χ2v) is 4.30. The lowest BCUT2D eigenvalue weighted by molar-refractivity contribution is -0.154. The highest BCUT2D eigenvalue weighted by molar-refractivity contribution is 5.13. The maximum atomic E-state index is 12.6. The minimum absolute atomic E-state index is 0.0125. The summed E-state index contributed by atoms with van der Waals surface area (Å²) in [6, 6.07) is 0. The van der Waals surface area contributed by atoms with Gasteiger partial charge in [-0.05, 0) is 31.8 Å². The van der Waals surface area contributed by atoms with Crippen molar-refractivity contribution in [3.05, 3.63) is 17.3 Å². The van der Waals surface area contributed by atoms with Gasteiger partial charge in [-0.25, -0.2) is 4.98 Å². The quantitative estimate of drug-likeness (QED) is 0.892. The average molecular weight is 248 g/mol. The topological polar surface area (TPSA) is 38.1 Å². The van der Waals surface area contributed by atoms with Gasteiger partial charge in [-0.2, -0.15) is 13.2 Å². The molecule has 0 aromatic carbocycles. The maximum Gasteiger partial charge on any atom is 0.451 e. The van der Waals surface area contributed by atoms with Gasteiger partial charge in [-0.3, -0.25) is 0 Å². The Morgan fingerprint density at radius 2 is 2.24 bits per heavy atom. The zero-order chi connectivity index (χ0) is 12.5. The van der Waals surface area contributed by atoms with Gasteiger partial charge in [0.25, 0.3) is 0 Å². The van der Waals surface area contributed by atoms with Gasteiger partial charge in [0.2, 0.25) is 5.76 Å². The molecule has 1 saturated heterocycles. The molecule has 0 spiro atoms. The molecular formula is C11H15F3N2O. The van der Waals surface area contributed by atoms with E-state index in [1.807, 2.05) is 0 Å².